The second kappa shape index (κ2) is 8.29. The van der Waals surface area contributed by atoms with E-state index >= 15 is 0 Å². The summed E-state index contributed by atoms with van der Waals surface area (Å²) in [4.78, 5) is 40.8. The molecule has 2 N–H and O–H groups in total. The quantitative estimate of drug-likeness (QED) is 0.763. The maximum absolute atomic E-state index is 13.0. The first-order valence-corrected chi connectivity index (χ1v) is 10.6. The van der Waals surface area contributed by atoms with Gasteiger partial charge in [0.05, 0.1) is 11.6 Å². The van der Waals surface area contributed by atoms with Crippen LogP contribution in [0.2, 0.25) is 0 Å². The average molecular weight is 410 g/mol. The van der Waals surface area contributed by atoms with Gasteiger partial charge in [-0.25, -0.2) is 0 Å². The number of benzene rings is 2. The molecule has 2 aliphatic heterocycles. The third-order valence-corrected chi connectivity index (χ3v) is 6.54. The molecule has 0 unspecified atom stereocenters. The van der Waals surface area contributed by atoms with Crippen LogP contribution < -0.4 is 10.6 Å². The van der Waals surface area contributed by atoms with Gasteiger partial charge in [-0.1, -0.05) is 29.8 Å². The van der Waals surface area contributed by atoms with E-state index in [0.717, 1.165) is 34.7 Å². The summed E-state index contributed by atoms with van der Waals surface area (Å²) >= 11 is 1.28. The fraction of sp³-hybridized carbons (Fsp3) is 0.318. The molecule has 0 radical (unpaired) electrons. The van der Waals surface area contributed by atoms with Crippen LogP contribution in [0.1, 0.15) is 18.4 Å². The maximum Gasteiger partial charge on any atom is 0.247 e. The minimum atomic E-state index is -0.816. The van der Waals surface area contributed by atoms with Crippen molar-refractivity contribution >= 4 is 40.9 Å². The lowest BCUT2D eigenvalue weighted by atomic mass is 9.96. The van der Waals surface area contributed by atoms with E-state index in [9.17, 15) is 14.4 Å². The first-order chi connectivity index (χ1) is 14.0. The fourth-order valence-corrected chi connectivity index (χ4v) is 4.73. The summed E-state index contributed by atoms with van der Waals surface area (Å²) in [5.74, 6) is -0.893. The number of piperidine rings is 1. The molecule has 2 aliphatic rings. The highest BCUT2D eigenvalue weighted by Crippen LogP contribution is 2.36. The van der Waals surface area contributed by atoms with Crippen LogP contribution in [0.3, 0.4) is 0 Å². The van der Waals surface area contributed by atoms with Gasteiger partial charge in [0.25, 0.3) is 0 Å². The van der Waals surface area contributed by atoms with E-state index < -0.39 is 5.25 Å². The van der Waals surface area contributed by atoms with Gasteiger partial charge in [0, 0.05) is 23.7 Å². The standard InChI is InChI=1S/C22H23N3O3S/c1-14-8-10-16(11-9-14)23-20(26)15-5-4-12-25(13-15)22(28)19-21(27)24-17-6-2-3-7-18(17)29-19/h2-3,6-11,15,19H,4-5,12-13H2,1H3,(H,23,26)(H,24,27)/t15-,19-/m1/s1. The van der Waals surface area contributed by atoms with Crippen LogP contribution in [0.4, 0.5) is 11.4 Å². The minimum absolute atomic E-state index is 0.0857. The number of nitrogens with zero attached hydrogens (tertiary/aromatic N) is 1. The third-order valence-electron chi connectivity index (χ3n) is 5.28. The molecule has 6 nitrogen and oxygen atoms in total. The minimum Gasteiger partial charge on any atom is -0.340 e. The summed E-state index contributed by atoms with van der Waals surface area (Å²) in [5.41, 5.74) is 2.62. The molecule has 1 saturated heterocycles. The van der Waals surface area contributed by atoms with Gasteiger partial charge in [0.2, 0.25) is 17.7 Å². The molecular weight excluding hydrogens is 386 g/mol. The van der Waals surface area contributed by atoms with Gasteiger partial charge in [-0.3, -0.25) is 14.4 Å². The number of nitrogens with one attached hydrogen (secondary N) is 2. The number of carbonyl (C=O) groups is 3. The van der Waals surface area contributed by atoms with Gasteiger partial charge < -0.3 is 15.5 Å². The number of para-hydroxylation sites is 1. The predicted molar refractivity (Wildman–Crippen MR) is 114 cm³/mol. The smallest absolute Gasteiger partial charge is 0.247 e. The van der Waals surface area contributed by atoms with Gasteiger partial charge in [-0.05, 0) is 44.0 Å². The lowest BCUT2D eigenvalue weighted by molar-refractivity contribution is -0.136. The van der Waals surface area contributed by atoms with Crippen molar-refractivity contribution in [2.45, 2.75) is 29.9 Å². The molecule has 2 heterocycles. The number of rotatable bonds is 3. The zero-order valence-corrected chi connectivity index (χ0v) is 17.0. The van der Waals surface area contributed by atoms with Gasteiger partial charge in [0.15, 0.2) is 5.25 Å². The van der Waals surface area contributed by atoms with Crippen LogP contribution in [0.25, 0.3) is 0 Å². The number of aryl methyl sites for hydroxylation is 1. The Hall–Kier alpha value is -2.80. The number of thioether (sulfide) groups is 1. The molecule has 3 amide bonds. The van der Waals surface area contributed by atoms with Gasteiger partial charge in [0.1, 0.15) is 0 Å². The van der Waals surface area contributed by atoms with Crippen LogP contribution in [0.15, 0.2) is 53.4 Å². The summed E-state index contributed by atoms with van der Waals surface area (Å²) in [6.07, 6.45) is 1.47. The number of hydrogen-bond donors (Lipinski definition) is 2. The molecule has 150 valence electrons. The largest absolute Gasteiger partial charge is 0.340 e. The Morgan fingerprint density at radius 1 is 1.14 bits per heavy atom. The van der Waals surface area contributed by atoms with Gasteiger partial charge >= 0.3 is 0 Å². The predicted octanol–water partition coefficient (Wildman–Crippen LogP) is 3.29. The van der Waals surface area contributed by atoms with E-state index in [4.69, 9.17) is 0 Å². The molecule has 0 bridgehead atoms. The van der Waals surface area contributed by atoms with Crippen LogP contribution in [0, 0.1) is 12.8 Å². The molecule has 0 aromatic heterocycles. The van der Waals surface area contributed by atoms with Crippen molar-refractivity contribution < 1.29 is 14.4 Å². The lowest BCUT2D eigenvalue weighted by Gasteiger charge is -2.35. The van der Waals surface area contributed by atoms with Crippen molar-refractivity contribution in [3.63, 3.8) is 0 Å². The number of fused-ring (bicyclic) bond motifs is 1. The summed E-state index contributed by atoms with van der Waals surface area (Å²) < 4.78 is 0. The van der Waals surface area contributed by atoms with E-state index in [1.165, 1.54) is 11.8 Å². The van der Waals surface area contributed by atoms with E-state index in [-0.39, 0.29) is 23.6 Å². The zero-order chi connectivity index (χ0) is 20.4. The number of carbonyl (C=O) groups excluding carboxylic acids is 3. The van der Waals surface area contributed by atoms with Crippen LogP contribution in [-0.2, 0) is 14.4 Å². The molecule has 29 heavy (non-hydrogen) atoms. The summed E-state index contributed by atoms with van der Waals surface area (Å²) in [6.45, 7) is 2.90. The number of anilines is 2. The highest BCUT2D eigenvalue weighted by Gasteiger charge is 2.38. The molecular formula is C22H23N3O3S. The SMILES string of the molecule is Cc1ccc(NC(=O)[C@@H]2CCCN(C(=O)[C@@H]3Sc4ccccc4NC3=O)C2)cc1. The Morgan fingerprint density at radius 3 is 2.69 bits per heavy atom. The second-order valence-corrected chi connectivity index (χ2v) is 8.61. The summed E-state index contributed by atoms with van der Waals surface area (Å²) in [7, 11) is 0. The van der Waals surface area contributed by atoms with Crippen molar-refractivity contribution in [1.82, 2.24) is 4.90 Å². The average Bonchev–Trinajstić information content (AvgIpc) is 2.74. The molecule has 2 aromatic carbocycles. The first-order valence-electron chi connectivity index (χ1n) is 9.74. The maximum atomic E-state index is 13.0. The zero-order valence-electron chi connectivity index (χ0n) is 16.2. The summed E-state index contributed by atoms with van der Waals surface area (Å²) in [5, 5.41) is 4.94. The molecule has 2 atom stereocenters. The van der Waals surface area contributed by atoms with Gasteiger partial charge in [-0.15, -0.1) is 11.8 Å². The van der Waals surface area contributed by atoms with E-state index in [2.05, 4.69) is 10.6 Å². The number of likely N-dealkylation sites (tertiary alicyclic amines) is 1. The Morgan fingerprint density at radius 2 is 1.90 bits per heavy atom. The molecule has 4 rings (SSSR count). The first kappa shape index (κ1) is 19.5. The number of hydrogen-bond acceptors (Lipinski definition) is 4. The fourth-order valence-electron chi connectivity index (χ4n) is 3.65. The molecule has 2 aromatic rings. The second-order valence-electron chi connectivity index (χ2n) is 7.46. The highest BCUT2D eigenvalue weighted by molar-refractivity contribution is 8.01. The Balaban J connectivity index is 1.41. The third kappa shape index (κ3) is 4.29. The topological polar surface area (TPSA) is 78.5 Å². The molecule has 7 heteroatoms. The van der Waals surface area contributed by atoms with Crippen molar-refractivity contribution in [1.29, 1.82) is 0 Å². The van der Waals surface area contributed by atoms with Crippen molar-refractivity contribution in [3.8, 4) is 0 Å². The van der Waals surface area contributed by atoms with E-state index in [1.54, 1.807) is 4.90 Å². The molecule has 1 fully saturated rings. The lowest BCUT2D eigenvalue weighted by Crippen LogP contribution is -2.50. The van der Waals surface area contributed by atoms with Crippen LogP contribution in [-0.4, -0.2) is 41.0 Å². The highest BCUT2D eigenvalue weighted by atomic mass is 32.2. The van der Waals surface area contributed by atoms with Crippen LogP contribution >= 0.6 is 11.8 Å². The molecule has 0 spiro atoms. The molecule has 0 saturated carbocycles. The summed E-state index contributed by atoms with van der Waals surface area (Å²) in [6, 6.07) is 15.1. The van der Waals surface area contributed by atoms with E-state index in [0.29, 0.717) is 13.1 Å². The van der Waals surface area contributed by atoms with Gasteiger partial charge in [-0.2, -0.15) is 0 Å². The number of amides is 3. The van der Waals surface area contributed by atoms with Crippen molar-refractivity contribution in [2.75, 3.05) is 23.7 Å². The normalized spacial score (nSPS) is 21.1. The van der Waals surface area contributed by atoms with Crippen LogP contribution in [0.5, 0.6) is 0 Å². The van der Waals surface area contributed by atoms with E-state index in [1.807, 2.05) is 55.5 Å². The molecule has 0 aliphatic carbocycles. The Labute approximate surface area is 174 Å². The monoisotopic (exact) mass is 409 g/mol. The van der Waals surface area contributed by atoms with Crippen molar-refractivity contribution in [2.24, 2.45) is 5.92 Å². The Kier molecular flexibility index (Phi) is 5.58. The Bertz CT molecular complexity index is 945. The van der Waals surface area contributed by atoms with Crippen molar-refractivity contribution in [3.05, 3.63) is 54.1 Å².